The molecule has 1 unspecified atom stereocenters. The van der Waals surface area contributed by atoms with E-state index < -0.39 is 15.6 Å². The van der Waals surface area contributed by atoms with Crippen molar-refractivity contribution in [3.8, 4) is 0 Å². The lowest BCUT2D eigenvalue weighted by Gasteiger charge is -2.08. The van der Waals surface area contributed by atoms with Crippen LogP contribution in [0, 0.1) is 5.92 Å². The normalized spacial score (nSPS) is 15.5. The average Bonchev–Trinajstić information content (AvgIpc) is 3.10. The lowest BCUT2D eigenvalue weighted by atomic mass is 10.0. The van der Waals surface area contributed by atoms with Gasteiger partial charge in [-0.15, -0.1) is 0 Å². The van der Waals surface area contributed by atoms with Gasteiger partial charge in [-0.3, -0.25) is 0 Å². The van der Waals surface area contributed by atoms with Crippen molar-refractivity contribution in [2.24, 2.45) is 5.92 Å². The minimum Gasteiger partial charge on any atom is -0.741 e. The number of unbranched alkanes of at least 4 members (excludes halogenated alkanes) is 12. The fourth-order valence-electron chi connectivity index (χ4n) is 3.62. The largest absolute Gasteiger partial charge is 0.741 e. The van der Waals surface area contributed by atoms with E-state index in [9.17, 15) is 13.2 Å². The zero-order chi connectivity index (χ0) is 23.8. The molecule has 0 fully saturated rings. The van der Waals surface area contributed by atoms with E-state index in [-0.39, 0.29) is 0 Å². The molecule has 0 radical (unpaired) electrons. The van der Waals surface area contributed by atoms with Crippen molar-refractivity contribution < 1.29 is 35.5 Å². The molecular weight excluding hydrogens is 431 g/mol. The molecule has 1 atom stereocenters. The molecule has 31 heavy (non-hydrogen) atoms. The standard InChI is InChI=1S/C21H42NO.CHF3O3S/c1-4-5-6-7-8-9-10-11-12-13-14-15-16-17-20(2)21-22(3)18-19-23-21;2-1(3,4)8(5,6)7/h20H,4-19H2,1-3H3;(H,5,6,7)/q+1;/p-1. The number of halogens is 3. The van der Waals surface area contributed by atoms with Crippen LogP contribution in [0.25, 0.3) is 0 Å². The molecule has 0 aliphatic carbocycles. The molecule has 0 bridgehead atoms. The molecule has 0 aromatic rings. The summed E-state index contributed by atoms with van der Waals surface area (Å²) in [5.74, 6) is 1.83. The first-order chi connectivity index (χ1) is 14.5. The van der Waals surface area contributed by atoms with Crippen LogP contribution >= 0.6 is 0 Å². The first-order valence-corrected chi connectivity index (χ1v) is 13.1. The Morgan fingerprint density at radius 2 is 1.32 bits per heavy atom. The summed E-state index contributed by atoms with van der Waals surface area (Å²) in [7, 11) is -3.93. The van der Waals surface area contributed by atoms with Crippen molar-refractivity contribution >= 4 is 16.0 Å². The summed E-state index contributed by atoms with van der Waals surface area (Å²) < 4.78 is 66.9. The highest BCUT2D eigenvalue weighted by molar-refractivity contribution is 7.86. The summed E-state index contributed by atoms with van der Waals surface area (Å²) in [6.07, 6.45) is 19.9. The van der Waals surface area contributed by atoms with Crippen LogP contribution in [0.3, 0.4) is 0 Å². The Balaban J connectivity index is 0.000000954. The number of hydrogen-bond donors (Lipinski definition) is 0. The minimum absolute atomic E-state index is 0.607. The van der Waals surface area contributed by atoms with Crippen molar-refractivity contribution in [2.75, 3.05) is 20.2 Å². The van der Waals surface area contributed by atoms with Crippen molar-refractivity contribution in [2.45, 2.75) is 109 Å². The second kappa shape index (κ2) is 16.8. The molecule has 186 valence electrons. The average molecular weight is 474 g/mol. The number of rotatable bonds is 15. The molecule has 0 saturated heterocycles. The summed E-state index contributed by atoms with van der Waals surface area (Å²) in [4.78, 5) is 0. The van der Waals surface area contributed by atoms with Crippen LogP contribution in [0.2, 0.25) is 0 Å². The first kappa shape index (κ1) is 30.2. The van der Waals surface area contributed by atoms with Crippen LogP contribution < -0.4 is 0 Å². The Morgan fingerprint density at radius 3 is 1.65 bits per heavy atom. The molecule has 0 N–H and O–H groups in total. The molecule has 5 nitrogen and oxygen atoms in total. The monoisotopic (exact) mass is 473 g/mol. The molecule has 1 heterocycles. The van der Waals surface area contributed by atoms with Crippen LogP contribution in [0.4, 0.5) is 13.2 Å². The zero-order valence-electron chi connectivity index (χ0n) is 19.5. The van der Waals surface area contributed by atoms with Gasteiger partial charge in [-0.2, -0.15) is 13.2 Å². The van der Waals surface area contributed by atoms with Crippen LogP contribution in [-0.4, -0.2) is 49.2 Å². The maximum atomic E-state index is 10.7. The van der Waals surface area contributed by atoms with Gasteiger partial charge >= 0.3 is 11.4 Å². The third kappa shape index (κ3) is 15.6. The van der Waals surface area contributed by atoms with Gasteiger partial charge in [0.2, 0.25) is 0 Å². The van der Waals surface area contributed by atoms with Gasteiger partial charge in [-0.05, 0) is 13.3 Å². The zero-order valence-corrected chi connectivity index (χ0v) is 20.3. The number of alkyl halides is 3. The van der Waals surface area contributed by atoms with Crippen LogP contribution in [0.5, 0.6) is 0 Å². The third-order valence-electron chi connectivity index (χ3n) is 5.50. The van der Waals surface area contributed by atoms with E-state index >= 15 is 0 Å². The van der Waals surface area contributed by atoms with Crippen LogP contribution in [0.1, 0.15) is 104 Å². The highest BCUT2D eigenvalue weighted by Gasteiger charge is 2.36. The van der Waals surface area contributed by atoms with Crippen molar-refractivity contribution in [1.29, 1.82) is 0 Å². The lowest BCUT2D eigenvalue weighted by molar-refractivity contribution is -0.489. The quantitative estimate of drug-likeness (QED) is 0.122. The Kier molecular flexibility index (Phi) is 16.3. The molecule has 0 aromatic carbocycles. The highest BCUT2D eigenvalue weighted by Crippen LogP contribution is 2.20. The van der Waals surface area contributed by atoms with Crippen molar-refractivity contribution in [3.05, 3.63) is 0 Å². The van der Waals surface area contributed by atoms with Crippen molar-refractivity contribution in [1.82, 2.24) is 0 Å². The van der Waals surface area contributed by atoms with E-state index in [1.165, 1.54) is 95.8 Å². The SMILES string of the molecule is CCCCCCCCCCCCCCCC(C)C1=[N+](C)CCO1.O=S(=O)([O-])C(F)(F)F. The molecule has 1 rings (SSSR count). The van der Waals surface area contributed by atoms with E-state index in [2.05, 4.69) is 25.5 Å². The second-order valence-corrected chi connectivity index (χ2v) is 9.81. The van der Waals surface area contributed by atoms with Gasteiger partial charge < -0.3 is 9.29 Å². The highest BCUT2D eigenvalue weighted by atomic mass is 32.2. The Labute approximate surface area is 187 Å². The van der Waals surface area contributed by atoms with Gasteiger partial charge in [0.1, 0.15) is 7.05 Å². The molecule has 0 spiro atoms. The number of ether oxygens (including phenoxy) is 1. The summed E-state index contributed by atoms with van der Waals surface area (Å²) in [6, 6.07) is 0. The summed E-state index contributed by atoms with van der Waals surface area (Å²) in [6.45, 7) is 6.56. The fraction of sp³-hybridized carbons (Fsp3) is 0.955. The van der Waals surface area contributed by atoms with E-state index in [1.807, 2.05) is 0 Å². The molecule has 0 amide bonds. The van der Waals surface area contributed by atoms with Crippen LogP contribution in [0.15, 0.2) is 0 Å². The minimum atomic E-state index is -6.09. The number of likely N-dealkylation sites (N-methyl/N-ethyl adjacent to an activating group) is 1. The van der Waals surface area contributed by atoms with E-state index in [1.54, 1.807) is 0 Å². The molecule has 0 saturated carbocycles. The van der Waals surface area contributed by atoms with Gasteiger partial charge in [0.15, 0.2) is 23.3 Å². The Bertz CT molecular complexity index is 592. The predicted molar refractivity (Wildman–Crippen MR) is 117 cm³/mol. The molecule has 1 aliphatic rings. The summed E-state index contributed by atoms with van der Waals surface area (Å²) in [5, 5.41) is 0. The molecule has 9 heteroatoms. The van der Waals surface area contributed by atoms with Crippen molar-refractivity contribution in [3.63, 3.8) is 0 Å². The number of hydrogen-bond acceptors (Lipinski definition) is 4. The molecule has 1 aliphatic heterocycles. The number of nitrogens with zero attached hydrogens (tertiary/aromatic N) is 1. The van der Waals surface area contributed by atoms with Gasteiger partial charge in [0.05, 0.1) is 5.92 Å². The predicted octanol–water partition coefficient (Wildman–Crippen LogP) is 6.23. The lowest BCUT2D eigenvalue weighted by Crippen LogP contribution is -2.21. The maximum absolute atomic E-state index is 10.7. The summed E-state index contributed by atoms with van der Waals surface area (Å²) >= 11 is 0. The smallest absolute Gasteiger partial charge is 0.485 e. The summed E-state index contributed by atoms with van der Waals surface area (Å²) in [5.41, 5.74) is -5.65. The first-order valence-electron chi connectivity index (χ1n) is 11.7. The second-order valence-electron chi connectivity index (χ2n) is 8.44. The topological polar surface area (TPSA) is 69.4 Å². The van der Waals surface area contributed by atoms with Gasteiger partial charge in [0, 0.05) is 0 Å². The Hall–Kier alpha value is -0.830. The van der Waals surface area contributed by atoms with E-state index in [0.717, 1.165) is 13.2 Å². The molecule has 0 aromatic heterocycles. The van der Waals surface area contributed by atoms with Gasteiger partial charge in [-0.25, -0.2) is 13.0 Å². The molecular formula is C22H42F3NO4S. The Morgan fingerprint density at radius 1 is 0.935 bits per heavy atom. The van der Waals surface area contributed by atoms with E-state index in [4.69, 9.17) is 17.7 Å². The van der Waals surface area contributed by atoms with Gasteiger partial charge in [0.25, 0.3) is 0 Å². The van der Waals surface area contributed by atoms with E-state index in [0.29, 0.717) is 5.92 Å². The fourth-order valence-corrected chi connectivity index (χ4v) is 3.62. The maximum Gasteiger partial charge on any atom is 0.485 e. The third-order valence-corrected chi connectivity index (χ3v) is 6.07. The van der Waals surface area contributed by atoms with Crippen LogP contribution in [-0.2, 0) is 14.9 Å². The van der Waals surface area contributed by atoms with Gasteiger partial charge in [-0.1, -0.05) is 90.4 Å².